The van der Waals surface area contributed by atoms with Crippen LogP contribution in [0.15, 0.2) is 18.5 Å². The molecule has 1 aromatic rings. The smallest absolute Gasteiger partial charge is 0.222 e. The van der Waals surface area contributed by atoms with Crippen LogP contribution in [0.25, 0.3) is 0 Å². The normalized spacial score (nSPS) is 27.5. The molecule has 1 aliphatic carbocycles. The Morgan fingerprint density at radius 1 is 1.31 bits per heavy atom. The lowest BCUT2D eigenvalue weighted by molar-refractivity contribution is 0.323. The van der Waals surface area contributed by atoms with Crippen LogP contribution in [0.1, 0.15) is 19.3 Å². The fourth-order valence-corrected chi connectivity index (χ4v) is 1.62. The first kappa shape index (κ1) is 8.41. The van der Waals surface area contributed by atoms with Crippen molar-refractivity contribution in [3.63, 3.8) is 0 Å². The Bertz CT molecular complexity index is 265. The average Bonchev–Trinajstić information content (AvgIpc) is 2.54. The van der Waals surface area contributed by atoms with Crippen LogP contribution in [-0.4, -0.2) is 22.2 Å². The van der Waals surface area contributed by atoms with Gasteiger partial charge in [-0.25, -0.2) is 14.4 Å². The molecule has 3 nitrogen and oxygen atoms in total. The molecule has 13 heavy (non-hydrogen) atoms. The monoisotopic (exact) mass is 181 g/mol. The minimum atomic E-state index is -0.746. The summed E-state index contributed by atoms with van der Waals surface area (Å²) in [6.07, 6.45) is 5.04. The van der Waals surface area contributed by atoms with Gasteiger partial charge in [0.2, 0.25) is 5.95 Å². The van der Waals surface area contributed by atoms with E-state index in [1.54, 1.807) is 18.5 Å². The molecule has 1 heterocycles. The number of hydrogen-bond donors (Lipinski definition) is 1. The highest BCUT2D eigenvalue weighted by Crippen LogP contribution is 2.23. The number of rotatable bonds is 2. The zero-order valence-corrected chi connectivity index (χ0v) is 7.28. The third-order valence-corrected chi connectivity index (χ3v) is 2.31. The van der Waals surface area contributed by atoms with E-state index < -0.39 is 6.17 Å². The second kappa shape index (κ2) is 3.68. The predicted octanol–water partition coefficient (Wildman–Crippen LogP) is 1.78. The Morgan fingerprint density at radius 2 is 2.08 bits per heavy atom. The standard InChI is InChI=1S/C9H12FN3/c10-7-3-1-4-8(7)13-9-11-5-2-6-12-9/h2,5-8H,1,3-4H2,(H,11,12,13). The molecule has 0 radical (unpaired) electrons. The molecule has 0 aromatic carbocycles. The molecule has 0 amide bonds. The first-order valence-corrected chi connectivity index (χ1v) is 4.54. The van der Waals surface area contributed by atoms with Crippen LogP contribution in [-0.2, 0) is 0 Å². The molecule has 70 valence electrons. The summed E-state index contributed by atoms with van der Waals surface area (Å²) in [6, 6.07) is 1.65. The molecule has 2 rings (SSSR count). The Hall–Kier alpha value is -1.19. The minimum Gasteiger partial charge on any atom is -0.349 e. The molecule has 1 N–H and O–H groups in total. The van der Waals surface area contributed by atoms with Crippen LogP contribution in [0.4, 0.5) is 10.3 Å². The summed E-state index contributed by atoms with van der Waals surface area (Å²) in [5, 5.41) is 2.99. The van der Waals surface area contributed by atoms with Gasteiger partial charge in [0.1, 0.15) is 6.17 Å². The van der Waals surface area contributed by atoms with Crippen molar-refractivity contribution >= 4 is 5.95 Å². The molecule has 0 bridgehead atoms. The minimum absolute atomic E-state index is 0.0950. The Morgan fingerprint density at radius 3 is 2.69 bits per heavy atom. The van der Waals surface area contributed by atoms with Gasteiger partial charge in [-0.05, 0) is 25.3 Å². The lowest BCUT2D eigenvalue weighted by Crippen LogP contribution is -2.25. The van der Waals surface area contributed by atoms with Gasteiger partial charge in [-0.1, -0.05) is 0 Å². The van der Waals surface area contributed by atoms with E-state index in [1.807, 2.05) is 0 Å². The number of anilines is 1. The van der Waals surface area contributed by atoms with E-state index in [0.717, 1.165) is 12.8 Å². The number of aromatic nitrogens is 2. The zero-order chi connectivity index (χ0) is 9.10. The summed E-state index contributed by atoms with van der Waals surface area (Å²) in [5.41, 5.74) is 0. The van der Waals surface area contributed by atoms with Gasteiger partial charge in [0.15, 0.2) is 0 Å². The van der Waals surface area contributed by atoms with Crippen molar-refractivity contribution in [2.75, 3.05) is 5.32 Å². The Labute approximate surface area is 76.4 Å². The molecule has 2 unspecified atom stereocenters. The van der Waals surface area contributed by atoms with Gasteiger partial charge >= 0.3 is 0 Å². The lowest BCUT2D eigenvalue weighted by Gasteiger charge is -2.13. The first-order chi connectivity index (χ1) is 6.36. The van der Waals surface area contributed by atoms with Crippen molar-refractivity contribution < 1.29 is 4.39 Å². The Kier molecular flexibility index (Phi) is 2.38. The largest absolute Gasteiger partial charge is 0.349 e. The van der Waals surface area contributed by atoms with E-state index >= 15 is 0 Å². The molecule has 2 atom stereocenters. The van der Waals surface area contributed by atoms with E-state index in [9.17, 15) is 4.39 Å². The van der Waals surface area contributed by atoms with Crippen LogP contribution < -0.4 is 5.32 Å². The van der Waals surface area contributed by atoms with Crippen molar-refractivity contribution in [1.82, 2.24) is 9.97 Å². The van der Waals surface area contributed by atoms with Gasteiger partial charge in [-0.3, -0.25) is 0 Å². The molecule has 0 spiro atoms. The van der Waals surface area contributed by atoms with Crippen molar-refractivity contribution in [2.24, 2.45) is 0 Å². The molecule has 4 heteroatoms. The summed E-state index contributed by atoms with van der Waals surface area (Å²) < 4.78 is 13.2. The predicted molar refractivity (Wildman–Crippen MR) is 48.2 cm³/mol. The van der Waals surface area contributed by atoms with Gasteiger partial charge in [0.25, 0.3) is 0 Å². The maximum Gasteiger partial charge on any atom is 0.222 e. The molecule has 0 aliphatic heterocycles. The van der Waals surface area contributed by atoms with Gasteiger partial charge in [0, 0.05) is 12.4 Å². The fraction of sp³-hybridized carbons (Fsp3) is 0.556. The summed E-state index contributed by atoms with van der Waals surface area (Å²) >= 11 is 0. The second-order valence-electron chi connectivity index (χ2n) is 3.27. The second-order valence-corrected chi connectivity index (χ2v) is 3.27. The molecular weight excluding hydrogens is 169 g/mol. The lowest BCUT2D eigenvalue weighted by atomic mass is 10.2. The fourth-order valence-electron chi connectivity index (χ4n) is 1.62. The molecule has 1 aliphatic rings. The highest BCUT2D eigenvalue weighted by Gasteiger charge is 2.27. The first-order valence-electron chi connectivity index (χ1n) is 4.54. The summed E-state index contributed by atoms with van der Waals surface area (Å²) in [5.74, 6) is 0.525. The highest BCUT2D eigenvalue weighted by molar-refractivity contribution is 5.25. The van der Waals surface area contributed by atoms with Crippen molar-refractivity contribution in [2.45, 2.75) is 31.5 Å². The molecular formula is C9H12FN3. The van der Waals surface area contributed by atoms with Gasteiger partial charge < -0.3 is 5.32 Å². The third kappa shape index (κ3) is 1.94. The zero-order valence-electron chi connectivity index (χ0n) is 7.28. The van der Waals surface area contributed by atoms with E-state index in [1.165, 1.54) is 0 Å². The Balaban J connectivity index is 1.98. The maximum atomic E-state index is 13.2. The van der Waals surface area contributed by atoms with Gasteiger partial charge in [0.05, 0.1) is 6.04 Å². The molecule has 1 fully saturated rings. The van der Waals surface area contributed by atoms with Crippen molar-refractivity contribution in [3.05, 3.63) is 18.5 Å². The molecule has 1 saturated carbocycles. The number of hydrogen-bond acceptors (Lipinski definition) is 3. The average molecular weight is 181 g/mol. The molecule has 0 saturated heterocycles. The third-order valence-electron chi connectivity index (χ3n) is 2.31. The van der Waals surface area contributed by atoms with Crippen LogP contribution in [0, 0.1) is 0 Å². The van der Waals surface area contributed by atoms with Gasteiger partial charge in [-0.2, -0.15) is 0 Å². The number of halogens is 1. The van der Waals surface area contributed by atoms with E-state index in [4.69, 9.17) is 0 Å². The highest BCUT2D eigenvalue weighted by atomic mass is 19.1. The summed E-state index contributed by atoms with van der Waals surface area (Å²) in [4.78, 5) is 7.98. The van der Waals surface area contributed by atoms with Gasteiger partial charge in [-0.15, -0.1) is 0 Å². The number of nitrogens with zero attached hydrogens (tertiary/aromatic N) is 2. The SMILES string of the molecule is FC1CCCC1Nc1ncccn1. The van der Waals surface area contributed by atoms with Crippen molar-refractivity contribution in [3.8, 4) is 0 Å². The van der Waals surface area contributed by atoms with Crippen LogP contribution in [0.5, 0.6) is 0 Å². The van der Waals surface area contributed by atoms with E-state index in [-0.39, 0.29) is 6.04 Å². The van der Waals surface area contributed by atoms with E-state index in [0.29, 0.717) is 12.4 Å². The van der Waals surface area contributed by atoms with Crippen LogP contribution in [0.2, 0.25) is 0 Å². The summed E-state index contributed by atoms with van der Waals surface area (Å²) in [7, 11) is 0. The van der Waals surface area contributed by atoms with Crippen molar-refractivity contribution in [1.29, 1.82) is 0 Å². The van der Waals surface area contributed by atoms with E-state index in [2.05, 4.69) is 15.3 Å². The number of alkyl halides is 1. The van der Waals surface area contributed by atoms with Crippen LogP contribution >= 0.6 is 0 Å². The molecule has 1 aromatic heterocycles. The number of nitrogens with one attached hydrogen (secondary N) is 1. The topological polar surface area (TPSA) is 37.8 Å². The van der Waals surface area contributed by atoms with Crippen LogP contribution in [0.3, 0.4) is 0 Å². The summed E-state index contributed by atoms with van der Waals surface area (Å²) in [6.45, 7) is 0. The maximum absolute atomic E-state index is 13.2. The quantitative estimate of drug-likeness (QED) is 0.755.